The number of aliphatic imine (C=N–C) groups is 1. The average Bonchev–Trinajstić information content (AvgIpc) is 3.30. The number of imidazole rings is 1. The Morgan fingerprint density at radius 1 is 1.19 bits per heavy atom. The van der Waals surface area contributed by atoms with Crippen LogP contribution < -0.4 is 10.7 Å². The highest BCUT2D eigenvalue weighted by atomic mass is 15.6. The molecule has 1 aromatic rings. The number of fused-ring (bicyclic) bond motifs is 2. The molecule has 27 heavy (non-hydrogen) atoms. The van der Waals surface area contributed by atoms with Crippen LogP contribution in [-0.2, 0) is 6.42 Å². The largest absolute Gasteiger partial charge is 0.333 e. The van der Waals surface area contributed by atoms with Crippen molar-refractivity contribution in [2.45, 2.75) is 52.5 Å². The molecule has 0 amide bonds. The molecule has 1 unspecified atom stereocenters. The quantitative estimate of drug-likeness (QED) is 0.837. The van der Waals surface area contributed by atoms with Crippen LogP contribution in [-0.4, -0.2) is 44.9 Å². The van der Waals surface area contributed by atoms with Crippen LogP contribution in [0.4, 0.5) is 0 Å². The second kappa shape index (κ2) is 7.23. The molecule has 0 saturated carbocycles. The number of nitrogens with two attached hydrogens (primary N) is 1. The summed E-state index contributed by atoms with van der Waals surface area (Å²) in [6, 6.07) is -0.131. The topological polar surface area (TPSA) is 65.9 Å². The van der Waals surface area contributed by atoms with Crippen molar-refractivity contribution in [3.05, 3.63) is 53.4 Å². The molecule has 0 fully saturated rings. The minimum absolute atomic E-state index is 0.131. The normalized spacial score (nSPS) is 21.5. The highest BCUT2D eigenvalue weighted by Crippen LogP contribution is 2.35. The molecule has 1 atom stereocenters. The zero-order valence-electron chi connectivity index (χ0n) is 16.5. The van der Waals surface area contributed by atoms with Gasteiger partial charge in [0.05, 0.1) is 18.0 Å². The summed E-state index contributed by atoms with van der Waals surface area (Å²) in [5.74, 6) is 2.20. The van der Waals surface area contributed by atoms with Gasteiger partial charge in [0.15, 0.2) is 0 Å². The van der Waals surface area contributed by atoms with Crippen LogP contribution >= 0.6 is 0 Å². The molecule has 0 aromatic carbocycles. The molecule has 4 rings (SSSR count). The number of aromatic nitrogens is 2. The third-order valence-electron chi connectivity index (χ3n) is 5.31. The predicted molar refractivity (Wildman–Crippen MR) is 108 cm³/mol. The van der Waals surface area contributed by atoms with E-state index in [0.717, 1.165) is 61.9 Å². The van der Waals surface area contributed by atoms with Crippen molar-refractivity contribution in [1.29, 1.82) is 0 Å². The summed E-state index contributed by atoms with van der Waals surface area (Å²) in [6.45, 7) is 8.23. The molecule has 7 heteroatoms. The summed E-state index contributed by atoms with van der Waals surface area (Å²) in [5, 5.41) is 2.20. The smallest absolute Gasteiger partial charge is 0.138 e. The molecular weight excluding hydrogens is 338 g/mol. The van der Waals surface area contributed by atoms with Gasteiger partial charge in [-0.1, -0.05) is 20.8 Å². The van der Waals surface area contributed by atoms with Gasteiger partial charge >= 0.3 is 0 Å². The van der Waals surface area contributed by atoms with Crippen molar-refractivity contribution in [2.24, 2.45) is 10.7 Å². The van der Waals surface area contributed by atoms with Crippen LogP contribution in [0.1, 0.15) is 45.9 Å². The molecule has 0 bridgehead atoms. The van der Waals surface area contributed by atoms with Gasteiger partial charge in [0.2, 0.25) is 0 Å². The lowest BCUT2D eigenvalue weighted by molar-refractivity contribution is 0.290. The fourth-order valence-electron chi connectivity index (χ4n) is 3.97. The van der Waals surface area contributed by atoms with E-state index in [2.05, 4.69) is 57.6 Å². The summed E-state index contributed by atoms with van der Waals surface area (Å²) in [6.07, 6.45) is 14.3. The summed E-state index contributed by atoms with van der Waals surface area (Å²) in [7, 11) is 0. The van der Waals surface area contributed by atoms with Gasteiger partial charge in [-0.3, -0.25) is 10.0 Å². The monoisotopic (exact) mass is 367 g/mol. The molecule has 1 aromatic heterocycles. The Bertz CT molecular complexity index is 829. The van der Waals surface area contributed by atoms with Crippen molar-refractivity contribution in [3.8, 4) is 0 Å². The van der Waals surface area contributed by atoms with E-state index in [1.165, 1.54) is 5.57 Å². The lowest BCUT2D eigenvalue weighted by atomic mass is 9.98. The predicted octanol–water partition coefficient (Wildman–Crippen LogP) is 2.49. The minimum atomic E-state index is -0.131. The molecule has 0 saturated heterocycles. The van der Waals surface area contributed by atoms with Crippen LogP contribution in [0.3, 0.4) is 0 Å². The summed E-state index contributed by atoms with van der Waals surface area (Å²) >= 11 is 0. The van der Waals surface area contributed by atoms with Gasteiger partial charge in [-0.2, -0.15) is 0 Å². The summed E-state index contributed by atoms with van der Waals surface area (Å²) in [5.41, 5.74) is 9.84. The van der Waals surface area contributed by atoms with Gasteiger partial charge in [-0.05, 0) is 24.8 Å². The van der Waals surface area contributed by atoms with Gasteiger partial charge in [0, 0.05) is 37.8 Å². The molecule has 3 aliphatic heterocycles. The molecule has 7 nitrogen and oxygen atoms in total. The first-order chi connectivity index (χ1) is 13.2. The maximum Gasteiger partial charge on any atom is 0.138 e. The maximum absolute atomic E-state index is 6.54. The molecule has 2 N–H and O–H groups in total. The van der Waals surface area contributed by atoms with E-state index >= 15 is 0 Å². The number of nitrogens with zero attached hydrogens (tertiary/aromatic N) is 6. The minimum Gasteiger partial charge on any atom is -0.333 e. The van der Waals surface area contributed by atoms with E-state index in [0.29, 0.717) is 0 Å². The third kappa shape index (κ3) is 2.96. The number of rotatable bonds is 6. The highest BCUT2D eigenvalue weighted by Gasteiger charge is 2.36. The Morgan fingerprint density at radius 3 is 2.78 bits per heavy atom. The Morgan fingerprint density at radius 2 is 2.04 bits per heavy atom. The van der Waals surface area contributed by atoms with Crippen molar-refractivity contribution in [3.63, 3.8) is 0 Å². The van der Waals surface area contributed by atoms with Crippen molar-refractivity contribution >= 4 is 6.21 Å². The first kappa shape index (κ1) is 17.9. The van der Waals surface area contributed by atoms with Crippen LogP contribution in [0.15, 0.2) is 52.6 Å². The number of hydrogen-bond acceptors (Lipinski definition) is 6. The average molecular weight is 368 g/mol. The van der Waals surface area contributed by atoms with Gasteiger partial charge in [0.25, 0.3) is 0 Å². The van der Waals surface area contributed by atoms with Crippen molar-refractivity contribution in [1.82, 2.24) is 19.5 Å². The zero-order valence-corrected chi connectivity index (χ0v) is 16.5. The van der Waals surface area contributed by atoms with Gasteiger partial charge in [-0.25, -0.2) is 9.66 Å². The highest BCUT2D eigenvalue weighted by molar-refractivity contribution is 5.82. The molecule has 3 aliphatic rings. The molecule has 0 aliphatic carbocycles. The molecule has 144 valence electrons. The second-order valence-electron chi connectivity index (χ2n) is 7.20. The summed E-state index contributed by atoms with van der Waals surface area (Å²) in [4.78, 5) is 13.9. The fourth-order valence-corrected chi connectivity index (χ4v) is 3.97. The number of hydrogen-bond donors (Lipinski definition) is 1. The fraction of sp³-hybridized carbons (Fsp3) is 0.500. The molecule has 0 spiro atoms. The van der Waals surface area contributed by atoms with E-state index < -0.39 is 0 Å². The lowest BCUT2D eigenvalue weighted by Gasteiger charge is -2.40. The zero-order chi connectivity index (χ0) is 19.0. The van der Waals surface area contributed by atoms with Crippen molar-refractivity contribution < 1.29 is 0 Å². The SMILES string of the molecule is CCCc1nccn1N1C=C2C=NC3=C(N(CCC)C=C(CC)C3N)N2C1. The number of allylic oxidation sites excluding steroid dienone is 1. The number of aryl methyl sites for hydroxylation is 1. The standard InChI is InChI=1S/C20H29N7/c1-4-7-17-22-8-10-27(17)25-13-16-11-23-19-18(21)15(6-3)12-24(9-5-2)20(19)26(16)14-25/h8,10-13,18H,4-7,9,14,21H2,1-3H3. The van der Waals surface area contributed by atoms with E-state index in [9.17, 15) is 0 Å². The van der Waals surface area contributed by atoms with Gasteiger partial charge < -0.3 is 15.5 Å². The maximum atomic E-state index is 6.54. The Kier molecular flexibility index (Phi) is 4.78. The van der Waals surface area contributed by atoms with Gasteiger partial charge in [0.1, 0.15) is 24.0 Å². The lowest BCUT2D eigenvalue weighted by Crippen LogP contribution is -2.44. The van der Waals surface area contributed by atoms with Gasteiger partial charge in [-0.15, -0.1) is 0 Å². The molecule has 0 radical (unpaired) electrons. The Hall–Kier alpha value is -2.54. The van der Waals surface area contributed by atoms with E-state index in [4.69, 9.17) is 10.7 Å². The first-order valence-corrected chi connectivity index (χ1v) is 9.97. The Labute approximate surface area is 161 Å². The van der Waals surface area contributed by atoms with Crippen LogP contribution in [0.2, 0.25) is 0 Å². The van der Waals surface area contributed by atoms with Crippen LogP contribution in [0.5, 0.6) is 0 Å². The van der Waals surface area contributed by atoms with Crippen LogP contribution in [0, 0.1) is 0 Å². The molecular formula is C20H29N7. The first-order valence-electron chi connectivity index (χ1n) is 9.97. The third-order valence-corrected chi connectivity index (χ3v) is 5.31. The summed E-state index contributed by atoms with van der Waals surface area (Å²) < 4.78 is 2.14. The van der Waals surface area contributed by atoms with E-state index in [1.807, 2.05) is 18.6 Å². The van der Waals surface area contributed by atoms with E-state index in [-0.39, 0.29) is 6.04 Å². The second-order valence-corrected chi connectivity index (χ2v) is 7.20. The van der Waals surface area contributed by atoms with Crippen LogP contribution in [0.25, 0.3) is 0 Å². The van der Waals surface area contributed by atoms with Crippen molar-refractivity contribution in [2.75, 3.05) is 18.2 Å². The van der Waals surface area contributed by atoms with E-state index in [1.54, 1.807) is 0 Å². The molecule has 4 heterocycles. The Balaban J connectivity index is 1.67.